The summed E-state index contributed by atoms with van der Waals surface area (Å²) in [5.74, 6) is -1.84. The van der Waals surface area contributed by atoms with Gasteiger partial charge in [0.25, 0.3) is 0 Å². The molecule has 0 saturated heterocycles. The largest absolute Gasteiger partial charge is 0.207 e. The van der Waals surface area contributed by atoms with Gasteiger partial charge in [-0.15, -0.1) is 11.6 Å². The van der Waals surface area contributed by atoms with Crippen molar-refractivity contribution in [1.82, 2.24) is 0 Å². The Hall–Kier alpha value is -0.710. The number of hydrogen-bond acceptors (Lipinski definition) is 0. The highest BCUT2D eigenvalue weighted by molar-refractivity contribution is 9.10. The fourth-order valence-electron chi connectivity index (χ4n) is 1.61. The molecular weight excluding hydrogens is 364 g/mol. The molecule has 0 fully saturated rings. The van der Waals surface area contributed by atoms with E-state index in [2.05, 4.69) is 15.9 Å². The SMILES string of the molecule is Fc1ccc(C(Cl)c2cc(F)c(Br)cc2F)c(Cl)c1. The lowest BCUT2D eigenvalue weighted by atomic mass is 10.0. The highest BCUT2D eigenvalue weighted by Crippen LogP contribution is 2.36. The molecular formula is C13H6BrCl2F3. The third kappa shape index (κ3) is 3.07. The molecule has 0 radical (unpaired) electrons. The monoisotopic (exact) mass is 368 g/mol. The van der Waals surface area contributed by atoms with E-state index in [4.69, 9.17) is 23.2 Å². The Morgan fingerprint density at radius 2 is 1.63 bits per heavy atom. The van der Waals surface area contributed by atoms with Crippen LogP contribution in [0.25, 0.3) is 0 Å². The normalized spacial score (nSPS) is 12.5. The lowest BCUT2D eigenvalue weighted by Gasteiger charge is -2.13. The molecule has 6 heteroatoms. The summed E-state index contributed by atoms with van der Waals surface area (Å²) in [5, 5.41) is -0.946. The second-order valence-corrected chi connectivity index (χ2v) is 5.51. The van der Waals surface area contributed by atoms with Gasteiger partial charge in [0.2, 0.25) is 0 Å². The summed E-state index contributed by atoms with van der Waals surface area (Å²) < 4.78 is 40.2. The van der Waals surface area contributed by atoms with Gasteiger partial charge in [-0.05, 0) is 45.8 Å². The van der Waals surface area contributed by atoms with Crippen molar-refractivity contribution in [2.24, 2.45) is 0 Å². The zero-order valence-electron chi connectivity index (χ0n) is 9.23. The molecule has 2 aromatic carbocycles. The topological polar surface area (TPSA) is 0 Å². The zero-order chi connectivity index (χ0) is 14.2. The average molecular weight is 370 g/mol. The van der Waals surface area contributed by atoms with Crippen LogP contribution in [0, 0.1) is 17.5 Å². The molecule has 0 aromatic heterocycles. The van der Waals surface area contributed by atoms with E-state index in [9.17, 15) is 13.2 Å². The van der Waals surface area contributed by atoms with E-state index in [1.54, 1.807) is 0 Å². The number of rotatable bonds is 2. The van der Waals surface area contributed by atoms with E-state index in [-0.39, 0.29) is 15.1 Å². The molecule has 0 N–H and O–H groups in total. The van der Waals surface area contributed by atoms with E-state index < -0.39 is 22.8 Å². The van der Waals surface area contributed by atoms with Crippen molar-refractivity contribution in [1.29, 1.82) is 0 Å². The van der Waals surface area contributed by atoms with Crippen LogP contribution in [0.1, 0.15) is 16.5 Å². The van der Waals surface area contributed by atoms with Crippen molar-refractivity contribution < 1.29 is 13.2 Å². The number of alkyl halides is 1. The minimum Gasteiger partial charge on any atom is -0.207 e. The van der Waals surface area contributed by atoms with Crippen LogP contribution in [0.4, 0.5) is 13.2 Å². The Balaban J connectivity index is 2.49. The summed E-state index contributed by atoms with van der Waals surface area (Å²) in [7, 11) is 0. The van der Waals surface area contributed by atoms with Crippen LogP contribution in [0.2, 0.25) is 5.02 Å². The second kappa shape index (κ2) is 5.73. The fourth-order valence-corrected chi connectivity index (χ4v) is 2.61. The van der Waals surface area contributed by atoms with Crippen LogP contribution >= 0.6 is 39.1 Å². The van der Waals surface area contributed by atoms with Gasteiger partial charge in [0.15, 0.2) is 0 Å². The van der Waals surface area contributed by atoms with Gasteiger partial charge in [0.1, 0.15) is 17.5 Å². The highest BCUT2D eigenvalue weighted by atomic mass is 79.9. The summed E-state index contributed by atoms with van der Waals surface area (Å²) >= 11 is 14.8. The minimum atomic E-state index is -1.00. The maximum atomic E-state index is 13.8. The Kier molecular flexibility index (Phi) is 4.43. The van der Waals surface area contributed by atoms with Crippen LogP contribution < -0.4 is 0 Å². The molecule has 0 aliphatic heterocycles. The van der Waals surface area contributed by atoms with Gasteiger partial charge in [-0.2, -0.15) is 0 Å². The second-order valence-electron chi connectivity index (χ2n) is 3.82. The Morgan fingerprint density at radius 1 is 0.947 bits per heavy atom. The van der Waals surface area contributed by atoms with Crippen molar-refractivity contribution in [3.63, 3.8) is 0 Å². The summed E-state index contributed by atoms with van der Waals surface area (Å²) in [5.41, 5.74) is 0.251. The zero-order valence-corrected chi connectivity index (χ0v) is 12.3. The maximum absolute atomic E-state index is 13.8. The van der Waals surface area contributed by atoms with Gasteiger partial charge < -0.3 is 0 Å². The molecule has 2 aromatic rings. The van der Waals surface area contributed by atoms with Crippen molar-refractivity contribution in [3.05, 3.63) is 68.4 Å². The standard InChI is InChI=1S/C13H6BrCl2F3/c14-9-5-11(18)8(4-12(9)19)13(16)7-2-1-6(17)3-10(7)15/h1-5,13H. The molecule has 0 saturated carbocycles. The first kappa shape index (κ1) is 14.7. The summed E-state index contributed by atoms with van der Waals surface area (Å²) in [6.45, 7) is 0. The predicted molar refractivity (Wildman–Crippen MR) is 73.2 cm³/mol. The molecule has 0 spiro atoms. The maximum Gasteiger partial charge on any atom is 0.137 e. The third-order valence-electron chi connectivity index (χ3n) is 2.55. The van der Waals surface area contributed by atoms with Crippen LogP contribution in [0.5, 0.6) is 0 Å². The van der Waals surface area contributed by atoms with E-state index in [0.717, 1.165) is 24.3 Å². The van der Waals surface area contributed by atoms with Crippen LogP contribution in [-0.4, -0.2) is 0 Å². The van der Waals surface area contributed by atoms with Gasteiger partial charge >= 0.3 is 0 Å². The van der Waals surface area contributed by atoms with Gasteiger partial charge in [-0.25, -0.2) is 13.2 Å². The van der Waals surface area contributed by atoms with Crippen molar-refractivity contribution in [3.8, 4) is 0 Å². The van der Waals surface area contributed by atoms with Crippen molar-refractivity contribution >= 4 is 39.1 Å². The van der Waals surface area contributed by atoms with Gasteiger partial charge in [-0.3, -0.25) is 0 Å². The number of benzene rings is 2. The molecule has 1 atom stereocenters. The third-order valence-corrected chi connectivity index (χ3v) is 3.95. The van der Waals surface area contributed by atoms with E-state index in [1.165, 1.54) is 6.07 Å². The fraction of sp³-hybridized carbons (Fsp3) is 0.0769. The molecule has 0 heterocycles. The number of halogens is 6. The summed E-state index contributed by atoms with van der Waals surface area (Å²) in [6, 6.07) is 5.53. The molecule has 0 nitrogen and oxygen atoms in total. The van der Waals surface area contributed by atoms with Crippen molar-refractivity contribution in [2.75, 3.05) is 0 Å². The van der Waals surface area contributed by atoms with Gasteiger partial charge in [0.05, 0.1) is 9.85 Å². The van der Waals surface area contributed by atoms with Gasteiger partial charge in [0, 0.05) is 10.6 Å². The van der Waals surface area contributed by atoms with E-state index >= 15 is 0 Å². The average Bonchev–Trinajstić information content (AvgIpc) is 2.33. The van der Waals surface area contributed by atoms with E-state index in [1.807, 2.05) is 0 Å². The van der Waals surface area contributed by atoms with Crippen LogP contribution in [0.3, 0.4) is 0 Å². The molecule has 19 heavy (non-hydrogen) atoms. The minimum absolute atomic E-state index is 0.00261. The smallest absolute Gasteiger partial charge is 0.137 e. The Bertz CT molecular complexity index is 632. The first-order valence-corrected chi connectivity index (χ1v) is 6.74. The Morgan fingerprint density at radius 3 is 2.26 bits per heavy atom. The molecule has 0 amide bonds. The van der Waals surface area contributed by atoms with Crippen LogP contribution in [0.15, 0.2) is 34.8 Å². The molecule has 0 bridgehead atoms. The quantitative estimate of drug-likeness (QED) is 0.460. The molecule has 0 aliphatic rings. The number of hydrogen-bond donors (Lipinski definition) is 0. The molecule has 1 unspecified atom stereocenters. The van der Waals surface area contributed by atoms with Gasteiger partial charge in [-0.1, -0.05) is 17.7 Å². The van der Waals surface area contributed by atoms with E-state index in [0.29, 0.717) is 5.56 Å². The molecule has 2 rings (SSSR count). The predicted octanol–water partition coefficient (Wildman–Crippen LogP) is 5.85. The first-order chi connectivity index (χ1) is 8.90. The lowest BCUT2D eigenvalue weighted by Crippen LogP contribution is -2.00. The van der Waals surface area contributed by atoms with Crippen molar-refractivity contribution in [2.45, 2.75) is 5.38 Å². The Labute approximate surface area is 126 Å². The molecule has 100 valence electrons. The van der Waals surface area contributed by atoms with Crippen LogP contribution in [-0.2, 0) is 0 Å². The summed E-state index contributed by atoms with van der Waals surface area (Å²) in [4.78, 5) is 0. The lowest BCUT2D eigenvalue weighted by molar-refractivity contribution is 0.582. The molecule has 0 aliphatic carbocycles. The highest BCUT2D eigenvalue weighted by Gasteiger charge is 2.20. The first-order valence-electron chi connectivity index (χ1n) is 5.13. The summed E-state index contributed by atoms with van der Waals surface area (Å²) in [6.07, 6.45) is 0.